The minimum absolute atomic E-state index is 0.111. The Morgan fingerprint density at radius 3 is 2.67 bits per heavy atom. The maximum atomic E-state index is 12.1. The number of benzene rings is 1. The van der Waals surface area contributed by atoms with E-state index >= 15 is 0 Å². The quantitative estimate of drug-likeness (QED) is 0.858. The summed E-state index contributed by atoms with van der Waals surface area (Å²) in [7, 11) is 0. The van der Waals surface area contributed by atoms with Gasteiger partial charge in [0.15, 0.2) is 0 Å². The molecule has 0 bridgehead atoms. The fraction of sp³-hybridized carbons (Fsp3) is 0.250. The number of aromatic nitrogens is 1. The lowest BCUT2D eigenvalue weighted by molar-refractivity contribution is 0.0940. The maximum Gasteiger partial charge on any atom is 0.251 e. The van der Waals surface area contributed by atoms with E-state index in [-0.39, 0.29) is 11.9 Å². The van der Waals surface area contributed by atoms with E-state index in [0.717, 1.165) is 11.3 Å². The molecule has 0 saturated heterocycles. The van der Waals surface area contributed by atoms with Crippen molar-refractivity contribution in [2.24, 2.45) is 0 Å². The van der Waals surface area contributed by atoms with Gasteiger partial charge in [-0.15, -0.1) is 0 Å². The zero-order valence-electron chi connectivity index (χ0n) is 12.0. The molecular formula is C16H17ClN2O2. The lowest BCUT2D eigenvalue weighted by Gasteiger charge is -2.15. The van der Waals surface area contributed by atoms with E-state index < -0.39 is 0 Å². The number of amides is 1. The number of carbonyl (C=O) groups excluding carboxylic acids is 1. The number of nitrogens with one attached hydrogen (secondary N) is 1. The second-order valence-electron chi connectivity index (χ2n) is 4.56. The van der Waals surface area contributed by atoms with Crippen LogP contribution in [0.2, 0.25) is 5.15 Å². The summed E-state index contributed by atoms with van der Waals surface area (Å²) >= 11 is 5.78. The smallest absolute Gasteiger partial charge is 0.251 e. The van der Waals surface area contributed by atoms with E-state index in [4.69, 9.17) is 16.3 Å². The van der Waals surface area contributed by atoms with Crippen LogP contribution >= 0.6 is 11.6 Å². The van der Waals surface area contributed by atoms with Crippen LogP contribution in [0.15, 0.2) is 42.6 Å². The Labute approximate surface area is 129 Å². The Hall–Kier alpha value is -2.07. The number of halogens is 1. The van der Waals surface area contributed by atoms with Crippen molar-refractivity contribution < 1.29 is 9.53 Å². The van der Waals surface area contributed by atoms with E-state index in [2.05, 4.69) is 10.3 Å². The van der Waals surface area contributed by atoms with Crippen LogP contribution in [0.4, 0.5) is 0 Å². The Balaban J connectivity index is 2.03. The summed E-state index contributed by atoms with van der Waals surface area (Å²) in [4.78, 5) is 16.0. The van der Waals surface area contributed by atoms with Gasteiger partial charge in [-0.2, -0.15) is 0 Å². The SMILES string of the molecule is CCOc1ccc(C(C)NC(=O)c2ccnc(Cl)c2)cc1. The monoisotopic (exact) mass is 304 g/mol. The topological polar surface area (TPSA) is 51.2 Å². The zero-order chi connectivity index (χ0) is 15.2. The Morgan fingerprint density at radius 2 is 2.05 bits per heavy atom. The normalized spacial score (nSPS) is 11.8. The van der Waals surface area contributed by atoms with Crippen LogP contribution < -0.4 is 10.1 Å². The molecule has 0 spiro atoms. The maximum absolute atomic E-state index is 12.1. The standard InChI is InChI=1S/C16H17ClN2O2/c1-3-21-14-6-4-12(5-7-14)11(2)19-16(20)13-8-9-18-15(17)10-13/h4-11H,3H2,1-2H3,(H,19,20). The number of hydrogen-bond donors (Lipinski definition) is 1. The van der Waals surface area contributed by atoms with Gasteiger partial charge >= 0.3 is 0 Å². The van der Waals surface area contributed by atoms with Gasteiger partial charge < -0.3 is 10.1 Å². The van der Waals surface area contributed by atoms with Gasteiger partial charge in [-0.25, -0.2) is 4.98 Å². The Kier molecular flexibility index (Phi) is 5.17. The first-order valence-electron chi connectivity index (χ1n) is 6.75. The van der Waals surface area contributed by atoms with Crippen LogP contribution in [0.1, 0.15) is 35.8 Å². The van der Waals surface area contributed by atoms with Gasteiger partial charge in [0, 0.05) is 11.8 Å². The fourth-order valence-electron chi connectivity index (χ4n) is 1.93. The highest BCUT2D eigenvalue weighted by Gasteiger charge is 2.12. The molecule has 1 heterocycles. The molecule has 0 aliphatic heterocycles. The van der Waals surface area contributed by atoms with Crippen LogP contribution in [-0.2, 0) is 0 Å². The van der Waals surface area contributed by atoms with Crippen LogP contribution in [0.5, 0.6) is 5.75 Å². The van der Waals surface area contributed by atoms with Crippen LogP contribution in [0.3, 0.4) is 0 Å². The van der Waals surface area contributed by atoms with E-state index in [0.29, 0.717) is 17.3 Å². The average Bonchev–Trinajstić information content (AvgIpc) is 2.48. The third-order valence-corrected chi connectivity index (χ3v) is 3.23. The van der Waals surface area contributed by atoms with Gasteiger partial charge in [-0.1, -0.05) is 23.7 Å². The molecule has 1 aromatic heterocycles. The minimum Gasteiger partial charge on any atom is -0.494 e. The zero-order valence-corrected chi connectivity index (χ0v) is 12.7. The molecule has 2 aromatic rings. The molecule has 0 fully saturated rings. The van der Waals surface area contributed by atoms with Crippen molar-refractivity contribution in [3.63, 3.8) is 0 Å². The van der Waals surface area contributed by atoms with Crippen molar-refractivity contribution in [1.82, 2.24) is 10.3 Å². The van der Waals surface area contributed by atoms with Crippen LogP contribution in [0.25, 0.3) is 0 Å². The molecule has 110 valence electrons. The van der Waals surface area contributed by atoms with Crippen molar-refractivity contribution in [2.45, 2.75) is 19.9 Å². The van der Waals surface area contributed by atoms with Crippen molar-refractivity contribution in [1.29, 1.82) is 0 Å². The molecular weight excluding hydrogens is 288 g/mol. The number of hydrogen-bond acceptors (Lipinski definition) is 3. The minimum atomic E-state index is -0.180. The first-order valence-corrected chi connectivity index (χ1v) is 7.13. The van der Waals surface area contributed by atoms with Gasteiger partial charge in [0.2, 0.25) is 0 Å². The molecule has 0 aliphatic carbocycles. The third kappa shape index (κ3) is 4.20. The second kappa shape index (κ2) is 7.09. The van der Waals surface area contributed by atoms with E-state index in [9.17, 15) is 4.79 Å². The number of nitrogens with zero attached hydrogens (tertiary/aromatic N) is 1. The van der Waals surface area contributed by atoms with E-state index in [1.54, 1.807) is 12.1 Å². The summed E-state index contributed by atoms with van der Waals surface area (Å²) in [5.41, 5.74) is 1.50. The highest BCUT2D eigenvalue weighted by atomic mass is 35.5. The molecule has 2 rings (SSSR count). The highest BCUT2D eigenvalue weighted by Crippen LogP contribution is 2.18. The summed E-state index contributed by atoms with van der Waals surface area (Å²) in [6.45, 7) is 4.50. The molecule has 4 nitrogen and oxygen atoms in total. The Bertz CT molecular complexity index is 614. The summed E-state index contributed by atoms with van der Waals surface area (Å²) in [5, 5.41) is 3.23. The number of ether oxygens (including phenoxy) is 1. The van der Waals surface area contributed by atoms with Gasteiger partial charge in [0.05, 0.1) is 12.6 Å². The largest absolute Gasteiger partial charge is 0.494 e. The van der Waals surface area contributed by atoms with Crippen LogP contribution in [-0.4, -0.2) is 17.5 Å². The first kappa shape index (κ1) is 15.3. The summed E-state index contributed by atoms with van der Waals surface area (Å²) in [6, 6.07) is 10.7. The molecule has 0 saturated carbocycles. The van der Waals surface area contributed by atoms with Crippen molar-refractivity contribution in [3.05, 3.63) is 58.9 Å². The molecule has 5 heteroatoms. The van der Waals surface area contributed by atoms with Crippen molar-refractivity contribution in [3.8, 4) is 5.75 Å². The summed E-state index contributed by atoms with van der Waals surface area (Å²) < 4.78 is 5.40. The van der Waals surface area contributed by atoms with Gasteiger partial charge in [0.1, 0.15) is 10.9 Å². The number of pyridine rings is 1. The van der Waals surface area contributed by atoms with Crippen LogP contribution in [0, 0.1) is 0 Å². The molecule has 21 heavy (non-hydrogen) atoms. The average molecular weight is 305 g/mol. The molecule has 1 aromatic carbocycles. The molecule has 1 amide bonds. The number of rotatable bonds is 5. The first-order chi connectivity index (χ1) is 10.1. The van der Waals surface area contributed by atoms with E-state index in [1.807, 2.05) is 38.1 Å². The van der Waals surface area contributed by atoms with E-state index in [1.165, 1.54) is 6.20 Å². The lowest BCUT2D eigenvalue weighted by atomic mass is 10.1. The second-order valence-corrected chi connectivity index (χ2v) is 4.95. The third-order valence-electron chi connectivity index (χ3n) is 3.03. The van der Waals surface area contributed by atoms with Gasteiger partial charge in [0.25, 0.3) is 5.91 Å². The summed E-state index contributed by atoms with van der Waals surface area (Å²) in [5.74, 6) is 0.640. The molecule has 1 atom stereocenters. The predicted octanol–water partition coefficient (Wildman–Crippen LogP) is 3.62. The summed E-state index contributed by atoms with van der Waals surface area (Å²) in [6.07, 6.45) is 1.51. The number of carbonyl (C=O) groups is 1. The molecule has 0 aliphatic rings. The van der Waals surface area contributed by atoms with Crippen molar-refractivity contribution >= 4 is 17.5 Å². The fourth-order valence-corrected chi connectivity index (χ4v) is 2.10. The predicted molar refractivity (Wildman–Crippen MR) is 82.7 cm³/mol. The van der Waals surface area contributed by atoms with Gasteiger partial charge in [-0.3, -0.25) is 4.79 Å². The lowest BCUT2D eigenvalue weighted by Crippen LogP contribution is -2.26. The Morgan fingerprint density at radius 1 is 1.33 bits per heavy atom. The molecule has 1 unspecified atom stereocenters. The molecule has 0 radical (unpaired) electrons. The molecule has 1 N–H and O–H groups in total. The highest BCUT2D eigenvalue weighted by molar-refractivity contribution is 6.29. The van der Waals surface area contributed by atoms with Gasteiger partial charge in [-0.05, 0) is 43.7 Å². The van der Waals surface area contributed by atoms with Crippen molar-refractivity contribution in [2.75, 3.05) is 6.61 Å².